The molecule has 1 unspecified atom stereocenters. The van der Waals surface area contributed by atoms with Gasteiger partial charge in [0.2, 0.25) is 0 Å². The van der Waals surface area contributed by atoms with Gasteiger partial charge in [0, 0.05) is 27.9 Å². The molecule has 1 aromatic carbocycles. The Morgan fingerprint density at radius 3 is 2.45 bits per heavy atom. The highest BCUT2D eigenvalue weighted by Gasteiger charge is 2.44. The SMILES string of the molecule is COc1cc(C#N)ccc1C1C(C#N)=C(C(F)(F)F)NC(C)=C1c1nc(C)cs1. The van der Waals surface area contributed by atoms with Gasteiger partial charge >= 0.3 is 6.18 Å². The first kappa shape index (κ1) is 20.4. The minimum Gasteiger partial charge on any atom is -0.496 e. The Morgan fingerprint density at radius 2 is 1.93 bits per heavy atom. The summed E-state index contributed by atoms with van der Waals surface area (Å²) in [6.45, 7) is 3.31. The summed E-state index contributed by atoms with van der Waals surface area (Å²) in [5, 5.41) is 23.5. The van der Waals surface area contributed by atoms with Gasteiger partial charge < -0.3 is 10.1 Å². The van der Waals surface area contributed by atoms with E-state index in [2.05, 4.69) is 10.3 Å². The number of dihydropyridines is 1. The maximum Gasteiger partial charge on any atom is 0.432 e. The van der Waals surface area contributed by atoms with Crippen LogP contribution in [0.5, 0.6) is 5.75 Å². The maximum absolute atomic E-state index is 13.7. The van der Waals surface area contributed by atoms with Crippen LogP contribution >= 0.6 is 11.3 Å². The van der Waals surface area contributed by atoms with E-state index in [9.17, 15) is 18.4 Å². The first-order valence-electron chi connectivity index (χ1n) is 8.41. The average Bonchev–Trinajstić information content (AvgIpc) is 3.11. The van der Waals surface area contributed by atoms with E-state index in [1.54, 1.807) is 18.4 Å². The van der Waals surface area contributed by atoms with E-state index in [1.807, 2.05) is 6.07 Å². The molecular weight excluding hydrogens is 401 g/mol. The van der Waals surface area contributed by atoms with Crippen molar-refractivity contribution >= 4 is 16.9 Å². The lowest BCUT2D eigenvalue weighted by Crippen LogP contribution is -2.33. The number of rotatable bonds is 3. The first-order chi connectivity index (χ1) is 13.7. The van der Waals surface area contributed by atoms with Crippen LogP contribution in [0.25, 0.3) is 5.57 Å². The first-order valence-corrected chi connectivity index (χ1v) is 9.29. The predicted molar refractivity (Wildman–Crippen MR) is 102 cm³/mol. The van der Waals surface area contributed by atoms with Crippen LogP contribution in [0.2, 0.25) is 0 Å². The highest BCUT2D eigenvalue weighted by atomic mass is 32.1. The van der Waals surface area contributed by atoms with Crippen LogP contribution in [0.1, 0.15) is 34.7 Å². The van der Waals surface area contributed by atoms with E-state index in [1.165, 1.54) is 43.6 Å². The van der Waals surface area contributed by atoms with Gasteiger partial charge in [-0.05, 0) is 26.0 Å². The van der Waals surface area contributed by atoms with E-state index in [4.69, 9.17) is 10.00 Å². The molecule has 1 N–H and O–H groups in total. The monoisotopic (exact) mass is 416 g/mol. The number of allylic oxidation sites excluding steroid dienone is 4. The number of nitriles is 2. The molecule has 29 heavy (non-hydrogen) atoms. The van der Waals surface area contributed by atoms with Crippen LogP contribution < -0.4 is 10.1 Å². The van der Waals surface area contributed by atoms with Crippen molar-refractivity contribution in [2.24, 2.45) is 0 Å². The van der Waals surface area contributed by atoms with Crippen molar-refractivity contribution in [1.82, 2.24) is 10.3 Å². The quantitative estimate of drug-likeness (QED) is 0.778. The summed E-state index contributed by atoms with van der Waals surface area (Å²) in [6, 6.07) is 8.16. The summed E-state index contributed by atoms with van der Waals surface area (Å²) in [5.74, 6) is -0.824. The zero-order valence-corrected chi connectivity index (χ0v) is 16.5. The minimum atomic E-state index is -4.74. The number of thiazole rings is 1. The number of halogens is 3. The molecule has 1 aliphatic heterocycles. The van der Waals surface area contributed by atoms with Gasteiger partial charge in [-0.2, -0.15) is 23.7 Å². The fraction of sp³-hybridized carbons (Fsp3) is 0.250. The second kappa shape index (κ2) is 7.61. The number of methoxy groups -OCH3 is 1. The number of nitrogens with one attached hydrogen (secondary N) is 1. The van der Waals surface area contributed by atoms with Crippen LogP contribution in [-0.4, -0.2) is 18.3 Å². The Hall–Kier alpha value is -3.30. The Labute approximate surface area is 169 Å². The molecule has 148 valence electrons. The third kappa shape index (κ3) is 3.69. The number of hydrogen-bond donors (Lipinski definition) is 1. The molecule has 0 saturated heterocycles. The zero-order valence-electron chi connectivity index (χ0n) is 15.7. The topological polar surface area (TPSA) is 81.7 Å². The fourth-order valence-corrected chi connectivity index (χ4v) is 4.19. The van der Waals surface area contributed by atoms with E-state index in [-0.39, 0.29) is 11.4 Å². The molecule has 1 aliphatic rings. The number of nitrogens with zero attached hydrogens (tertiary/aromatic N) is 3. The molecule has 0 amide bonds. The van der Waals surface area contributed by atoms with Crippen molar-refractivity contribution in [2.75, 3.05) is 7.11 Å². The van der Waals surface area contributed by atoms with Crippen molar-refractivity contribution in [3.8, 4) is 17.9 Å². The van der Waals surface area contributed by atoms with Crippen molar-refractivity contribution in [3.63, 3.8) is 0 Å². The molecule has 2 aromatic rings. The second-order valence-corrected chi connectivity index (χ2v) is 7.22. The Morgan fingerprint density at radius 1 is 1.21 bits per heavy atom. The molecule has 1 aromatic heterocycles. The Kier molecular flexibility index (Phi) is 5.36. The molecule has 0 saturated carbocycles. The lowest BCUT2D eigenvalue weighted by Gasteiger charge is -2.31. The van der Waals surface area contributed by atoms with Gasteiger partial charge in [-0.1, -0.05) is 6.07 Å². The van der Waals surface area contributed by atoms with E-state index < -0.39 is 23.4 Å². The van der Waals surface area contributed by atoms with Crippen molar-refractivity contribution in [1.29, 1.82) is 10.5 Å². The van der Waals surface area contributed by atoms with Crippen LogP contribution in [0.3, 0.4) is 0 Å². The largest absolute Gasteiger partial charge is 0.496 e. The van der Waals surface area contributed by atoms with Crippen LogP contribution in [0.4, 0.5) is 13.2 Å². The van der Waals surface area contributed by atoms with Gasteiger partial charge in [0.1, 0.15) is 16.5 Å². The van der Waals surface area contributed by atoms with Gasteiger partial charge in [0.15, 0.2) is 0 Å². The van der Waals surface area contributed by atoms with Crippen molar-refractivity contribution in [2.45, 2.75) is 25.9 Å². The summed E-state index contributed by atoms with van der Waals surface area (Å²) >= 11 is 1.29. The van der Waals surface area contributed by atoms with Crippen molar-refractivity contribution in [3.05, 3.63) is 62.4 Å². The van der Waals surface area contributed by atoms with Gasteiger partial charge in [-0.15, -0.1) is 11.3 Å². The molecule has 0 aliphatic carbocycles. The van der Waals surface area contributed by atoms with Gasteiger partial charge in [0.05, 0.1) is 36.3 Å². The average molecular weight is 416 g/mol. The van der Waals surface area contributed by atoms with Gasteiger partial charge in [-0.25, -0.2) is 4.98 Å². The van der Waals surface area contributed by atoms with E-state index in [0.29, 0.717) is 21.7 Å². The molecule has 3 rings (SSSR count). The Bertz CT molecular complexity index is 1120. The minimum absolute atomic E-state index is 0.226. The summed E-state index contributed by atoms with van der Waals surface area (Å²) in [7, 11) is 1.37. The highest BCUT2D eigenvalue weighted by Crippen LogP contribution is 2.48. The molecule has 0 bridgehead atoms. The van der Waals surface area contributed by atoms with E-state index in [0.717, 1.165) is 5.69 Å². The summed E-state index contributed by atoms with van der Waals surface area (Å²) in [6.07, 6.45) is -4.74. The molecule has 0 spiro atoms. The van der Waals surface area contributed by atoms with Crippen LogP contribution in [0.15, 0.2) is 40.5 Å². The Balaban J connectivity index is 2.34. The molecular formula is C20H15F3N4OS. The molecule has 9 heteroatoms. The lowest BCUT2D eigenvalue weighted by atomic mass is 9.80. The predicted octanol–water partition coefficient (Wildman–Crippen LogP) is 4.79. The fourth-order valence-electron chi connectivity index (χ4n) is 3.26. The van der Waals surface area contributed by atoms with Crippen LogP contribution in [-0.2, 0) is 0 Å². The third-order valence-electron chi connectivity index (χ3n) is 4.49. The number of alkyl halides is 3. The second-order valence-electron chi connectivity index (χ2n) is 6.36. The third-order valence-corrected chi connectivity index (χ3v) is 5.48. The van der Waals surface area contributed by atoms with Crippen LogP contribution in [0, 0.1) is 29.6 Å². The number of aromatic nitrogens is 1. The standard InChI is InChI=1S/C20H15F3N4OS/c1-10-9-29-19(26-10)16-11(2)27-18(20(21,22)23)14(8-25)17(16)13-5-4-12(7-24)6-15(13)28-3/h4-6,9,17,27H,1-3H3. The number of benzene rings is 1. The number of hydrogen-bond acceptors (Lipinski definition) is 6. The number of ether oxygens (including phenoxy) is 1. The smallest absolute Gasteiger partial charge is 0.432 e. The highest BCUT2D eigenvalue weighted by molar-refractivity contribution is 7.10. The molecule has 2 heterocycles. The normalized spacial score (nSPS) is 16.9. The number of aryl methyl sites for hydroxylation is 1. The molecule has 0 radical (unpaired) electrons. The summed E-state index contributed by atoms with van der Waals surface area (Å²) in [4.78, 5) is 4.42. The summed E-state index contributed by atoms with van der Waals surface area (Å²) < 4.78 is 46.4. The van der Waals surface area contributed by atoms with E-state index >= 15 is 0 Å². The molecule has 0 fully saturated rings. The van der Waals surface area contributed by atoms with Crippen molar-refractivity contribution < 1.29 is 17.9 Å². The lowest BCUT2D eigenvalue weighted by molar-refractivity contribution is -0.0968. The molecule has 1 atom stereocenters. The maximum atomic E-state index is 13.7. The summed E-state index contributed by atoms with van der Waals surface area (Å²) in [5.41, 5.74) is 0.511. The van der Waals surface area contributed by atoms with Gasteiger partial charge in [0.25, 0.3) is 0 Å². The van der Waals surface area contributed by atoms with Gasteiger partial charge in [-0.3, -0.25) is 0 Å². The zero-order chi connectivity index (χ0) is 21.3. The molecule has 5 nitrogen and oxygen atoms in total.